The topological polar surface area (TPSA) is 81.6 Å². The first kappa shape index (κ1) is 10.3. The Balaban J connectivity index is 2.13. The highest BCUT2D eigenvalue weighted by Gasteiger charge is 2.16. The highest BCUT2D eigenvalue weighted by molar-refractivity contribution is 5.65. The van der Waals surface area contributed by atoms with Crippen molar-refractivity contribution in [3.05, 3.63) is 0 Å². The van der Waals surface area contributed by atoms with Gasteiger partial charge in [-0.25, -0.2) is 16.5 Å². The fourth-order valence-electron chi connectivity index (χ4n) is 1.62. The van der Waals surface area contributed by atoms with Gasteiger partial charge >= 0.3 is 6.09 Å². The maximum Gasteiger partial charge on any atom is 0.439 e. The monoisotopic (exact) mass is 187 g/mol. The molecule has 4 N–H and O–H groups in total. The lowest BCUT2D eigenvalue weighted by Crippen LogP contribution is -2.44. The third kappa shape index (κ3) is 3.61. The van der Waals surface area contributed by atoms with Gasteiger partial charge in [-0.15, -0.1) is 0 Å². The normalized spacial score (nSPS) is 18.3. The zero-order valence-electron chi connectivity index (χ0n) is 7.74. The Morgan fingerprint density at radius 3 is 2.46 bits per heavy atom. The van der Waals surface area contributed by atoms with Gasteiger partial charge in [-0.05, 0) is 18.8 Å². The molecule has 0 radical (unpaired) electrons. The van der Waals surface area contributed by atoms with E-state index < -0.39 is 6.09 Å². The molecule has 1 aliphatic carbocycles. The van der Waals surface area contributed by atoms with Gasteiger partial charge in [0, 0.05) is 0 Å². The van der Waals surface area contributed by atoms with E-state index in [1.54, 1.807) is 0 Å². The number of carbonyl (C=O) groups excluding carboxylic acids is 1. The van der Waals surface area contributed by atoms with Gasteiger partial charge in [-0.2, -0.15) is 5.12 Å². The summed E-state index contributed by atoms with van der Waals surface area (Å²) < 4.78 is 4.88. The molecule has 0 atom stereocenters. The van der Waals surface area contributed by atoms with Crippen molar-refractivity contribution >= 4 is 6.09 Å². The number of hydrogen-bond donors (Lipinski definition) is 2. The summed E-state index contributed by atoms with van der Waals surface area (Å²) in [5.74, 6) is 10.5. The van der Waals surface area contributed by atoms with Crippen molar-refractivity contribution in [3.8, 4) is 0 Å². The second-order valence-corrected chi connectivity index (χ2v) is 3.49. The van der Waals surface area contributed by atoms with E-state index in [0.717, 1.165) is 12.8 Å². The van der Waals surface area contributed by atoms with Crippen LogP contribution in [0.15, 0.2) is 0 Å². The Labute approximate surface area is 77.9 Å². The first-order chi connectivity index (χ1) is 6.20. The summed E-state index contributed by atoms with van der Waals surface area (Å²) in [7, 11) is 0. The smallest absolute Gasteiger partial charge is 0.439 e. The van der Waals surface area contributed by atoms with Crippen molar-refractivity contribution in [2.45, 2.75) is 32.1 Å². The molecule has 1 rings (SSSR count). The van der Waals surface area contributed by atoms with Gasteiger partial charge < -0.3 is 4.74 Å². The molecule has 0 spiro atoms. The van der Waals surface area contributed by atoms with Gasteiger partial charge in [-0.1, -0.05) is 19.3 Å². The lowest BCUT2D eigenvalue weighted by molar-refractivity contribution is 0.0804. The van der Waals surface area contributed by atoms with Crippen molar-refractivity contribution in [3.63, 3.8) is 0 Å². The van der Waals surface area contributed by atoms with Crippen molar-refractivity contribution in [1.29, 1.82) is 0 Å². The molecule has 0 aromatic carbocycles. The van der Waals surface area contributed by atoms with E-state index in [1.807, 2.05) is 0 Å². The Morgan fingerprint density at radius 1 is 1.31 bits per heavy atom. The zero-order chi connectivity index (χ0) is 9.68. The molecule has 0 heterocycles. The minimum absolute atomic E-state index is 0.448. The van der Waals surface area contributed by atoms with Crippen molar-refractivity contribution in [2.24, 2.45) is 17.6 Å². The quantitative estimate of drug-likeness (QED) is 0.380. The van der Waals surface area contributed by atoms with E-state index in [9.17, 15) is 4.79 Å². The van der Waals surface area contributed by atoms with Crippen LogP contribution in [0.5, 0.6) is 0 Å². The van der Waals surface area contributed by atoms with Gasteiger partial charge in [0.25, 0.3) is 0 Å². The molecule has 0 bridgehead atoms. The van der Waals surface area contributed by atoms with E-state index in [0.29, 0.717) is 17.6 Å². The predicted octanol–water partition coefficient (Wildman–Crippen LogP) is 0.753. The van der Waals surface area contributed by atoms with Crippen LogP contribution in [0, 0.1) is 5.92 Å². The van der Waals surface area contributed by atoms with Crippen LogP contribution in [0.4, 0.5) is 4.79 Å². The first-order valence-electron chi connectivity index (χ1n) is 4.66. The first-order valence-corrected chi connectivity index (χ1v) is 4.66. The molecule has 0 aliphatic heterocycles. The number of rotatable bonds is 2. The maximum absolute atomic E-state index is 10.8. The molecule has 1 fully saturated rings. The zero-order valence-corrected chi connectivity index (χ0v) is 7.74. The summed E-state index contributed by atoms with van der Waals surface area (Å²) in [5.41, 5.74) is 0. The number of nitrogens with two attached hydrogens (primary N) is 2. The van der Waals surface area contributed by atoms with Crippen LogP contribution >= 0.6 is 0 Å². The van der Waals surface area contributed by atoms with E-state index in [2.05, 4.69) is 0 Å². The van der Waals surface area contributed by atoms with Crippen LogP contribution in [-0.2, 0) is 4.74 Å². The molecular formula is C8H17N3O2. The molecule has 5 nitrogen and oxygen atoms in total. The molecule has 0 aromatic heterocycles. The lowest BCUT2D eigenvalue weighted by atomic mass is 9.90. The standard InChI is InChI=1S/C8H17N3O2/c9-11(10)8(12)13-6-7-4-2-1-3-5-7/h7H,1-6,9-10H2. The fourth-order valence-corrected chi connectivity index (χ4v) is 1.62. The van der Waals surface area contributed by atoms with E-state index >= 15 is 0 Å². The summed E-state index contributed by atoms with van der Waals surface area (Å²) in [4.78, 5) is 10.8. The highest BCUT2D eigenvalue weighted by atomic mass is 16.6. The molecule has 1 saturated carbocycles. The van der Waals surface area contributed by atoms with E-state index in [1.165, 1.54) is 19.3 Å². The van der Waals surface area contributed by atoms with Crippen molar-refractivity contribution in [2.75, 3.05) is 6.61 Å². The predicted molar refractivity (Wildman–Crippen MR) is 48.1 cm³/mol. The third-order valence-corrected chi connectivity index (χ3v) is 2.38. The lowest BCUT2D eigenvalue weighted by Gasteiger charge is -2.21. The molecule has 1 aliphatic rings. The van der Waals surface area contributed by atoms with Crippen LogP contribution in [-0.4, -0.2) is 17.8 Å². The average Bonchev–Trinajstić information content (AvgIpc) is 2.15. The van der Waals surface area contributed by atoms with Gasteiger partial charge in [0.05, 0.1) is 6.61 Å². The summed E-state index contributed by atoms with van der Waals surface area (Å²) in [6.07, 6.45) is 5.38. The molecular weight excluding hydrogens is 170 g/mol. The molecule has 13 heavy (non-hydrogen) atoms. The summed E-state index contributed by atoms with van der Waals surface area (Å²) in [6, 6.07) is 0. The van der Waals surface area contributed by atoms with Crippen LogP contribution < -0.4 is 11.7 Å². The molecule has 0 unspecified atom stereocenters. The number of hydrazine groups is 2. The minimum Gasteiger partial charge on any atom is -0.447 e. The van der Waals surface area contributed by atoms with Crippen LogP contribution in [0.1, 0.15) is 32.1 Å². The summed E-state index contributed by atoms with van der Waals surface area (Å²) >= 11 is 0. The van der Waals surface area contributed by atoms with Crippen molar-refractivity contribution < 1.29 is 9.53 Å². The van der Waals surface area contributed by atoms with Gasteiger partial charge in [0.15, 0.2) is 0 Å². The van der Waals surface area contributed by atoms with Gasteiger partial charge in [-0.3, -0.25) is 0 Å². The average molecular weight is 187 g/mol. The maximum atomic E-state index is 10.8. The van der Waals surface area contributed by atoms with Crippen molar-refractivity contribution in [1.82, 2.24) is 5.12 Å². The van der Waals surface area contributed by atoms with Crippen LogP contribution in [0.3, 0.4) is 0 Å². The number of amides is 1. The molecule has 5 heteroatoms. The largest absolute Gasteiger partial charge is 0.447 e. The SMILES string of the molecule is NN(N)C(=O)OCC1CCCCC1. The number of nitrogens with zero attached hydrogens (tertiary/aromatic N) is 1. The summed E-state index contributed by atoms with van der Waals surface area (Å²) in [5, 5.41) is 0.475. The Morgan fingerprint density at radius 2 is 1.92 bits per heavy atom. The Bertz CT molecular complexity index is 167. The fraction of sp³-hybridized carbons (Fsp3) is 0.875. The Hall–Kier alpha value is -0.810. The minimum atomic E-state index is -0.662. The summed E-state index contributed by atoms with van der Waals surface area (Å²) in [6.45, 7) is 0.448. The second kappa shape index (κ2) is 5.04. The van der Waals surface area contributed by atoms with Gasteiger partial charge in [0.2, 0.25) is 0 Å². The van der Waals surface area contributed by atoms with Crippen LogP contribution in [0.2, 0.25) is 0 Å². The molecule has 0 aromatic rings. The number of hydrogen-bond acceptors (Lipinski definition) is 4. The second-order valence-electron chi connectivity index (χ2n) is 3.49. The van der Waals surface area contributed by atoms with E-state index in [-0.39, 0.29) is 0 Å². The van der Waals surface area contributed by atoms with E-state index in [4.69, 9.17) is 16.4 Å². The highest BCUT2D eigenvalue weighted by Crippen LogP contribution is 2.23. The van der Waals surface area contributed by atoms with Gasteiger partial charge in [0.1, 0.15) is 0 Å². The molecule has 1 amide bonds. The molecule has 76 valence electrons. The van der Waals surface area contributed by atoms with Crippen LogP contribution in [0.25, 0.3) is 0 Å². The number of ether oxygens (including phenoxy) is 1. The Kier molecular flexibility index (Phi) is 3.98. The third-order valence-electron chi connectivity index (χ3n) is 2.38. The molecule has 0 saturated heterocycles. The number of carbonyl (C=O) groups is 1.